The summed E-state index contributed by atoms with van der Waals surface area (Å²) in [5.74, 6) is 2.09. The molecule has 4 heteroatoms. The Labute approximate surface area is 98.8 Å². The first-order chi connectivity index (χ1) is 7.31. The lowest BCUT2D eigenvalue weighted by atomic mass is 9.89. The first kappa shape index (κ1) is 11.1. The van der Waals surface area contributed by atoms with Crippen LogP contribution in [0.4, 0.5) is 0 Å². The monoisotopic (exact) mass is 272 g/mol. The van der Waals surface area contributed by atoms with E-state index in [-0.39, 0.29) is 4.83 Å². The molecular weight excluding hydrogens is 256 g/mol. The second kappa shape index (κ2) is 5.10. The van der Waals surface area contributed by atoms with Gasteiger partial charge in [-0.05, 0) is 19.3 Å². The highest BCUT2D eigenvalue weighted by Gasteiger charge is 2.22. The number of hydrogen-bond acceptors (Lipinski definition) is 3. The summed E-state index contributed by atoms with van der Waals surface area (Å²) in [6.07, 6.45) is 7.35. The van der Waals surface area contributed by atoms with Crippen molar-refractivity contribution in [2.24, 2.45) is 0 Å². The van der Waals surface area contributed by atoms with Gasteiger partial charge in [-0.2, -0.15) is 0 Å². The van der Waals surface area contributed by atoms with Crippen LogP contribution < -0.4 is 0 Å². The molecule has 0 amide bonds. The summed E-state index contributed by atoms with van der Waals surface area (Å²) < 4.78 is 5.71. The number of halogens is 1. The highest BCUT2D eigenvalue weighted by atomic mass is 79.9. The van der Waals surface area contributed by atoms with E-state index in [0.717, 1.165) is 18.2 Å². The maximum atomic E-state index is 5.71. The molecule has 0 aliphatic heterocycles. The standard InChI is InChI=1S/C11H17BrN2O/c1-2-9(12)11-14-13-10(15-11)8-6-4-3-5-7-8/h8-9H,2-7H2,1H3. The van der Waals surface area contributed by atoms with Crippen molar-refractivity contribution in [3.63, 3.8) is 0 Å². The molecule has 1 aromatic heterocycles. The lowest BCUT2D eigenvalue weighted by Crippen LogP contribution is -2.04. The number of rotatable bonds is 3. The van der Waals surface area contributed by atoms with Crippen LogP contribution in [-0.2, 0) is 0 Å². The van der Waals surface area contributed by atoms with Gasteiger partial charge >= 0.3 is 0 Å². The van der Waals surface area contributed by atoms with Crippen molar-refractivity contribution < 1.29 is 4.42 Å². The van der Waals surface area contributed by atoms with E-state index in [1.807, 2.05) is 0 Å². The average Bonchev–Trinajstić information content (AvgIpc) is 2.78. The number of aromatic nitrogens is 2. The van der Waals surface area contributed by atoms with Gasteiger partial charge in [0.25, 0.3) is 0 Å². The van der Waals surface area contributed by atoms with Crippen LogP contribution in [0.25, 0.3) is 0 Å². The Morgan fingerprint density at radius 2 is 2.07 bits per heavy atom. The third kappa shape index (κ3) is 2.60. The van der Waals surface area contributed by atoms with Crippen molar-refractivity contribution in [2.45, 2.75) is 56.2 Å². The number of nitrogens with zero attached hydrogens (tertiary/aromatic N) is 2. The minimum atomic E-state index is 0.211. The first-order valence-electron chi connectivity index (χ1n) is 5.78. The summed E-state index contributed by atoms with van der Waals surface area (Å²) in [6.45, 7) is 2.10. The van der Waals surface area contributed by atoms with E-state index >= 15 is 0 Å². The molecule has 0 radical (unpaired) electrons. The average molecular weight is 273 g/mol. The van der Waals surface area contributed by atoms with Crippen molar-refractivity contribution in [3.05, 3.63) is 11.8 Å². The Morgan fingerprint density at radius 1 is 1.33 bits per heavy atom. The fraction of sp³-hybridized carbons (Fsp3) is 0.818. The maximum absolute atomic E-state index is 5.71. The molecule has 1 atom stereocenters. The zero-order valence-corrected chi connectivity index (χ0v) is 10.7. The van der Waals surface area contributed by atoms with Gasteiger partial charge in [-0.3, -0.25) is 0 Å². The molecule has 1 aliphatic rings. The highest BCUT2D eigenvalue weighted by molar-refractivity contribution is 9.09. The molecule has 1 heterocycles. The quantitative estimate of drug-likeness (QED) is 0.782. The third-order valence-corrected chi connectivity index (χ3v) is 4.08. The molecule has 2 rings (SSSR count). The molecule has 0 spiro atoms. The van der Waals surface area contributed by atoms with Gasteiger partial charge in [-0.1, -0.05) is 42.1 Å². The summed E-state index contributed by atoms with van der Waals surface area (Å²) in [5, 5.41) is 8.26. The summed E-state index contributed by atoms with van der Waals surface area (Å²) >= 11 is 3.53. The van der Waals surface area contributed by atoms with Crippen LogP contribution >= 0.6 is 15.9 Å². The molecule has 0 saturated heterocycles. The van der Waals surface area contributed by atoms with Gasteiger partial charge in [0.1, 0.15) is 0 Å². The Hall–Kier alpha value is -0.380. The Kier molecular flexibility index (Phi) is 3.78. The zero-order chi connectivity index (χ0) is 10.7. The molecule has 1 fully saturated rings. The van der Waals surface area contributed by atoms with Crippen LogP contribution in [0.15, 0.2) is 4.42 Å². The molecule has 1 aliphatic carbocycles. The van der Waals surface area contributed by atoms with Gasteiger partial charge < -0.3 is 4.42 Å². The lowest BCUT2D eigenvalue weighted by molar-refractivity contribution is 0.350. The molecule has 0 bridgehead atoms. The van der Waals surface area contributed by atoms with Gasteiger partial charge in [-0.25, -0.2) is 0 Å². The van der Waals surface area contributed by atoms with Crippen molar-refractivity contribution in [2.75, 3.05) is 0 Å². The Bertz CT molecular complexity index is 307. The molecule has 0 N–H and O–H groups in total. The lowest BCUT2D eigenvalue weighted by Gasteiger charge is -2.17. The Balaban J connectivity index is 2.05. The predicted molar refractivity (Wildman–Crippen MR) is 62.1 cm³/mol. The normalized spacial score (nSPS) is 20.4. The van der Waals surface area contributed by atoms with E-state index in [1.54, 1.807) is 0 Å². The summed E-state index contributed by atoms with van der Waals surface area (Å²) in [4.78, 5) is 0.211. The van der Waals surface area contributed by atoms with Crippen LogP contribution in [-0.4, -0.2) is 10.2 Å². The van der Waals surface area contributed by atoms with E-state index in [9.17, 15) is 0 Å². The van der Waals surface area contributed by atoms with Gasteiger partial charge in [0.2, 0.25) is 11.8 Å². The molecule has 1 aromatic rings. The first-order valence-corrected chi connectivity index (χ1v) is 6.70. The summed E-state index contributed by atoms with van der Waals surface area (Å²) in [5.41, 5.74) is 0. The Morgan fingerprint density at radius 3 is 2.73 bits per heavy atom. The van der Waals surface area contributed by atoms with E-state index in [2.05, 4.69) is 33.1 Å². The minimum Gasteiger partial charge on any atom is -0.424 e. The molecule has 3 nitrogen and oxygen atoms in total. The SMILES string of the molecule is CCC(Br)c1nnc(C2CCCCC2)o1. The largest absolute Gasteiger partial charge is 0.424 e. The summed E-state index contributed by atoms with van der Waals surface area (Å²) in [7, 11) is 0. The second-order valence-corrected chi connectivity index (χ2v) is 5.29. The van der Waals surface area contributed by atoms with Crippen LogP contribution in [0.3, 0.4) is 0 Å². The van der Waals surface area contributed by atoms with E-state index in [1.165, 1.54) is 32.1 Å². The predicted octanol–water partition coefficient (Wildman–Crippen LogP) is 3.96. The number of alkyl halides is 1. The van der Waals surface area contributed by atoms with Gasteiger partial charge in [0, 0.05) is 5.92 Å². The van der Waals surface area contributed by atoms with Crippen LogP contribution in [0, 0.1) is 0 Å². The molecule has 1 unspecified atom stereocenters. The van der Waals surface area contributed by atoms with Crippen molar-refractivity contribution in [3.8, 4) is 0 Å². The molecule has 0 aromatic carbocycles. The minimum absolute atomic E-state index is 0.211. The highest BCUT2D eigenvalue weighted by Crippen LogP contribution is 2.33. The fourth-order valence-electron chi connectivity index (χ4n) is 2.06. The van der Waals surface area contributed by atoms with E-state index in [4.69, 9.17) is 4.42 Å². The fourth-order valence-corrected chi connectivity index (χ4v) is 2.25. The molecule has 84 valence electrons. The van der Waals surface area contributed by atoms with Crippen LogP contribution in [0.5, 0.6) is 0 Å². The van der Waals surface area contributed by atoms with Crippen LogP contribution in [0.1, 0.15) is 68.0 Å². The van der Waals surface area contributed by atoms with Crippen LogP contribution in [0.2, 0.25) is 0 Å². The van der Waals surface area contributed by atoms with Crippen molar-refractivity contribution >= 4 is 15.9 Å². The van der Waals surface area contributed by atoms with Gasteiger partial charge in [-0.15, -0.1) is 10.2 Å². The van der Waals surface area contributed by atoms with Crippen molar-refractivity contribution in [1.82, 2.24) is 10.2 Å². The smallest absolute Gasteiger partial charge is 0.230 e. The third-order valence-electron chi connectivity index (χ3n) is 3.04. The zero-order valence-electron chi connectivity index (χ0n) is 9.08. The number of hydrogen-bond donors (Lipinski definition) is 0. The maximum Gasteiger partial charge on any atom is 0.230 e. The molecule has 1 saturated carbocycles. The van der Waals surface area contributed by atoms with E-state index < -0.39 is 0 Å². The second-order valence-electron chi connectivity index (χ2n) is 4.19. The van der Waals surface area contributed by atoms with Gasteiger partial charge in [0.15, 0.2) is 0 Å². The van der Waals surface area contributed by atoms with E-state index in [0.29, 0.717) is 5.92 Å². The van der Waals surface area contributed by atoms with Gasteiger partial charge in [0.05, 0.1) is 4.83 Å². The molecule has 15 heavy (non-hydrogen) atoms. The molecular formula is C11H17BrN2O. The topological polar surface area (TPSA) is 38.9 Å². The van der Waals surface area contributed by atoms with Crippen molar-refractivity contribution in [1.29, 1.82) is 0 Å². The summed E-state index contributed by atoms with van der Waals surface area (Å²) in [6, 6.07) is 0.